The number of fused-ring (bicyclic) bond motifs is 3. The fourth-order valence-corrected chi connectivity index (χ4v) is 6.49. The van der Waals surface area contributed by atoms with Crippen molar-refractivity contribution in [3.8, 4) is 5.88 Å². The number of hydrogen-bond donors (Lipinski definition) is 1. The number of aromatic nitrogens is 2. The van der Waals surface area contributed by atoms with Crippen LogP contribution in [0.2, 0.25) is 0 Å². The number of aryl methyl sites for hydroxylation is 1. The van der Waals surface area contributed by atoms with Crippen LogP contribution in [0.15, 0.2) is 6.33 Å². The number of rotatable bonds is 4. The van der Waals surface area contributed by atoms with Crippen LogP contribution in [-0.2, 0) is 17.6 Å². The number of piperidine rings is 1. The number of halogens is 2. The predicted molar refractivity (Wildman–Crippen MR) is 125 cm³/mol. The molecule has 2 aromatic heterocycles. The smallest absolute Gasteiger partial charge is 0.250 e. The van der Waals surface area contributed by atoms with Crippen molar-refractivity contribution in [3.05, 3.63) is 16.8 Å². The fraction of sp³-hybridized carbons (Fsp3) is 0.682. The molecule has 1 amide bonds. The average Bonchev–Trinajstić information content (AvgIpc) is 3.13. The second-order valence-corrected chi connectivity index (χ2v) is 10.2. The van der Waals surface area contributed by atoms with Gasteiger partial charge in [-0.25, -0.2) is 18.7 Å². The number of alkyl halides is 2. The number of likely N-dealkylation sites (tertiary alicyclic amines) is 1. The van der Waals surface area contributed by atoms with Gasteiger partial charge in [-0.15, -0.1) is 11.3 Å². The third-order valence-electron chi connectivity index (χ3n) is 7.18. The number of carbonyl (C=O) groups excluding carboxylic acids is 1. The number of ether oxygens (including phenoxy) is 1. The zero-order chi connectivity index (χ0) is 21.6. The van der Waals surface area contributed by atoms with Crippen molar-refractivity contribution in [3.63, 3.8) is 0 Å². The molecule has 3 heterocycles. The molecule has 176 valence electrons. The Morgan fingerprint density at radius 3 is 2.56 bits per heavy atom. The van der Waals surface area contributed by atoms with Crippen LogP contribution >= 0.6 is 24.8 Å². The Labute approximate surface area is 197 Å². The van der Waals surface area contributed by atoms with Gasteiger partial charge in [0, 0.05) is 42.8 Å². The summed E-state index contributed by atoms with van der Waals surface area (Å²) in [5.74, 6) is -2.29. The molecule has 1 atom stereocenters. The number of hydrogen-bond acceptors (Lipinski definition) is 6. The third-order valence-corrected chi connectivity index (χ3v) is 8.38. The van der Waals surface area contributed by atoms with E-state index in [4.69, 9.17) is 10.5 Å². The highest BCUT2D eigenvalue weighted by molar-refractivity contribution is 7.59. The molecule has 0 bridgehead atoms. The fourth-order valence-electron chi connectivity index (χ4n) is 5.31. The molecule has 5 rings (SSSR count). The second kappa shape index (κ2) is 9.38. The summed E-state index contributed by atoms with van der Waals surface area (Å²) >= 11 is 1.66. The lowest BCUT2D eigenvalue weighted by Crippen LogP contribution is -2.47. The molecule has 1 saturated heterocycles. The van der Waals surface area contributed by atoms with Crippen LogP contribution in [0, 0.1) is 5.92 Å². The van der Waals surface area contributed by atoms with Crippen molar-refractivity contribution in [1.29, 1.82) is 0 Å². The topological polar surface area (TPSA) is 81.3 Å². The lowest BCUT2D eigenvalue weighted by atomic mass is 9.87. The Hall–Kier alpha value is -1.52. The molecule has 1 saturated carbocycles. The van der Waals surface area contributed by atoms with Crippen LogP contribution in [-0.4, -0.2) is 51.9 Å². The molecule has 0 radical (unpaired) electrons. The lowest BCUT2D eigenvalue weighted by molar-refractivity contribution is -0.122. The summed E-state index contributed by atoms with van der Waals surface area (Å²) < 4.78 is 33.3. The molecule has 2 aliphatic carbocycles. The molecule has 0 unspecified atom stereocenters. The molecule has 10 heteroatoms. The Morgan fingerprint density at radius 2 is 1.88 bits per heavy atom. The summed E-state index contributed by atoms with van der Waals surface area (Å²) in [5.41, 5.74) is 6.69. The molecule has 2 N–H and O–H groups in total. The molecular weight excluding hydrogens is 454 g/mol. The van der Waals surface area contributed by atoms with E-state index in [1.165, 1.54) is 4.88 Å². The van der Waals surface area contributed by atoms with Crippen LogP contribution in [0.5, 0.6) is 5.88 Å². The maximum atomic E-state index is 13.5. The second-order valence-electron chi connectivity index (χ2n) is 9.15. The Bertz CT molecular complexity index is 968. The van der Waals surface area contributed by atoms with Crippen LogP contribution in [0.4, 0.5) is 8.78 Å². The summed E-state index contributed by atoms with van der Waals surface area (Å²) in [5, 5.41) is 0.939. The van der Waals surface area contributed by atoms with Gasteiger partial charge in [0.15, 0.2) is 0 Å². The maximum Gasteiger partial charge on any atom is 0.250 e. The SMILES string of the molecule is NC(=O)[C@H]1CCc2sc3ncnc(OC4CCC(N5CCC(F)(F)CC5)CC4)c3c2C1.S. The molecule has 1 aliphatic heterocycles. The van der Waals surface area contributed by atoms with Crippen molar-refractivity contribution in [2.75, 3.05) is 13.1 Å². The minimum absolute atomic E-state index is 0. The number of thiophene rings is 1. The molecule has 6 nitrogen and oxygen atoms in total. The Kier molecular flexibility index (Phi) is 6.93. The Morgan fingerprint density at radius 1 is 1.16 bits per heavy atom. The van der Waals surface area contributed by atoms with Gasteiger partial charge in [0.2, 0.25) is 11.8 Å². The highest BCUT2D eigenvalue weighted by Gasteiger charge is 2.37. The monoisotopic (exact) mass is 484 g/mol. The predicted octanol–water partition coefficient (Wildman–Crippen LogP) is 3.82. The number of amides is 1. The lowest BCUT2D eigenvalue weighted by Gasteiger charge is -2.40. The van der Waals surface area contributed by atoms with Gasteiger partial charge in [-0.3, -0.25) is 9.69 Å². The molecule has 0 spiro atoms. The van der Waals surface area contributed by atoms with Crippen LogP contribution in [0.25, 0.3) is 10.2 Å². The summed E-state index contributed by atoms with van der Waals surface area (Å²) in [6.07, 6.45) is 7.48. The van der Waals surface area contributed by atoms with Crippen LogP contribution in [0.1, 0.15) is 55.4 Å². The molecule has 0 aromatic carbocycles. The van der Waals surface area contributed by atoms with Crippen molar-refractivity contribution in [1.82, 2.24) is 14.9 Å². The first-order valence-electron chi connectivity index (χ1n) is 11.2. The number of primary amides is 1. The highest BCUT2D eigenvalue weighted by Crippen LogP contribution is 2.41. The molecule has 2 aromatic rings. The zero-order valence-corrected chi connectivity index (χ0v) is 19.8. The molecule has 3 aliphatic rings. The van der Waals surface area contributed by atoms with E-state index in [1.807, 2.05) is 0 Å². The van der Waals surface area contributed by atoms with Gasteiger partial charge >= 0.3 is 0 Å². The van der Waals surface area contributed by atoms with Gasteiger partial charge in [-0.2, -0.15) is 13.5 Å². The van der Waals surface area contributed by atoms with Gasteiger partial charge in [-0.05, 0) is 50.5 Å². The largest absolute Gasteiger partial charge is 0.474 e. The van der Waals surface area contributed by atoms with E-state index in [-0.39, 0.29) is 44.3 Å². The molecular formula is C22H30F2N4O2S2. The third kappa shape index (κ3) is 4.72. The van der Waals surface area contributed by atoms with Gasteiger partial charge < -0.3 is 10.5 Å². The highest BCUT2D eigenvalue weighted by atomic mass is 32.1. The summed E-state index contributed by atoms with van der Waals surface area (Å²) in [4.78, 5) is 25.0. The van der Waals surface area contributed by atoms with Crippen molar-refractivity contribution in [2.45, 2.75) is 75.9 Å². The van der Waals surface area contributed by atoms with E-state index >= 15 is 0 Å². The number of carbonyl (C=O) groups is 1. The standard InChI is InChI=1S/C22H28F2N4O2S.H2S/c23-22(24)7-9-28(10-8-22)14-2-4-15(5-3-14)30-20-18-16-11-13(19(25)29)1-6-17(16)31-21(18)27-12-26-20;/h12-15H,1-11H2,(H2,25,29);1H2/t13-,14?,15?;/m0./s1. The van der Waals surface area contributed by atoms with E-state index in [2.05, 4.69) is 14.9 Å². The van der Waals surface area contributed by atoms with E-state index in [9.17, 15) is 13.6 Å². The first-order valence-corrected chi connectivity index (χ1v) is 12.0. The quantitative estimate of drug-likeness (QED) is 0.714. The molecule has 2 fully saturated rings. The minimum Gasteiger partial charge on any atom is -0.474 e. The number of nitrogens with zero attached hydrogens (tertiary/aromatic N) is 3. The summed E-state index contributed by atoms with van der Waals surface area (Å²) in [6, 6.07) is 0.367. The van der Waals surface area contributed by atoms with Crippen molar-refractivity contribution >= 4 is 41.0 Å². The first-order chi connectivity index (χ1) is 14.9. The van der Waals surface area contributed by atoms with Gasteiger partial charge in [0.05, 0.1) is 5.39 Å². The Balaban J connectivity index is 0.00000245. The number of nitrogens with two attached hydrogens (primary N) is 1. The first kappa shape index (κ1) is 23.6. The average molecular weight is 485 g/mol. The molecule has 32 heavy (non-hydrogen) atoms. The van der Waals surface area contributed by atoms with Gasteiger partial charge in [0.25, 0.3) is 5.92 Å². The van der Waals surface area contributed by atoms with Crippen molar-refractivity contribution in [2.24, 2.45) is 11.7 Å². The van der Waals surface area contributed by atoms with E-state index in [1.54, 1.807) is 17.7 Å². The van der Waals surface area contributed by atoms with E-state index in [0.29, 0.717) is 31.4 Å². The van der Waals surface area contributed by atoms with Crippen molar-refractivity contribution < 1.29 is 18.3 Å². The van der Waals surface area contributed by atoms with Crippen LogP contribution < -0.4 is 10.5 Å². The zero-order valence-electron chi connectivity index (χ0n) is 18.0. The van der Waals surface area contributed by atoms with E-state index in [0.717, 1.165) is 54.3 Å². The van der Waals surface area contributed by atoms with Crippen LogP contribution in [0.3, 0.4) is 0 Å². The maximum absolute atomic E-state index is 13.5. The minimum atomic E-state index is -2.50. The van der Waals surface area contributed by atoms with E-state index < -0.39 is 5.92 Å². The normalized spacial score (nSPS) is 28.0. The van der Waals surface area contributed by atoms with Gasteiger partial charge in [-0.1, -0.05) is 0 Å². The van der Waals surface area contributed by atoms with Gasteiger partial charge in [0.1, 0.15) is 17.3 Å². The summed E-state index contributed by atoms with van der Waals surface area (Å²) in [7, 11) is 0. The summed E-state index contributed by atoms with van der Waals surface area (Å²) in [6.45, 7) is 0.968.